The maximum Gasteiger partial charge on any atom is 0.243 e. The van der Waals surface area contributed by atoms with E-state index in [0.717, 1.165) is 29.8 Å². The standard InChI is InChI=1S/C34H44N4O6S/c1-3-36-45(41,42)31-16-11-27(12-17-31)13-18-33(39)38(26-29-9-14-30(43-2)15-10-29)32(25-28-7-5-4-6-8-28)34(40)35-19-20-37-21-23-44-24-22-37/h4-12,14-17,32,36H,3,13,18-26H2,1-2H3,(H,35,40)/t32-/m1/s1. The quantitative estimate of drug-likeness (QED) is 0.248. The molecule has 1 atom stereocenters. The summed E-state index contributed by atoms with van der Waals surface area (Å²) in [5, 5.41) is 3.10. The third-order valence-corrected chi connectivity index (χ3v) is 9.37. The zero-order chi connectivity index (χ0) is 32.1. The maximum absolute atomic E-state index is 14.0. The number of morpholine rings is 1. The summed E-state index contributed by atoms with van der Waals surface area (Å²) in [6.45, 7) is 6.47. The highest BCUT2D eigenvalue weighted by molar-refractivity contribution is 7.89. The highest BCUT2D eigenvalue weighted by atomic mass is 32.2. The van der Waals surface area contributed by atoms with Crippen LogP contribution in [-0.2, 0) is 43.7 Å². The molecular weight excluding hydrogens is 592 g/mol. The van der Waals surface area contributed by atoms with Crippen LogP contribution in [0.3, 0.4) is 0 Å². The average Bonchev–Trinajstić information content (AvgIpc) is 3.06. The molecule has 1 aliphatic rings. The molecule has 11 heteroatoms. The topological polar surface area (TPSA) is 117 Å². The molecule has 0 spiro atoms. The van der Waals surface area contributed by atoms with Gasteiger partial charge in [0.25, 0.3) is 0 Å². The zero-order valence-electron chi connectivity index (χ0n) is 26.1. The number of aryl methyl sites for hydroxylation is 1. The molecule has 1 saturated heterocycles. The first-order chi connectivity index (χ1) is 21.8. The van der Waals surface area contributed by atoms with Crippen molar-refractivity contribution < 1.29 is 27.5 Å². The van der Waals surface area contributed by atoms with Gasteiger partial charge in [0.05, 0.1) is 25.2 Å². The lowest BCUT2D eigenvalue weighted by molar-refractivity contribution is -0.141. The molecule has 1 fully saturated rings. The Morgan fingerprint density at radius 1 is 0.933 bits per heavy atom. The number of benzene rings is 3. The lowest BCUT2D eigenvalue weighted by Crippen LogP contribution is -2.52. The third kappa shape index (κ3) is 10.4. The van der Waals surface area contributed by atoms with Crippen LogP contribution in [0.15, 0.2) is 83.8 Å². The van der Waals surface area contributed by atoms with Crippen molar-refractivity contribution in [3.8, 4) is 5.75 Å². The number of carbonyl (C=O) groups is 2. The third-order valence-electron chi connectivity index (χ3n) is 7.81. The van der Waals surface area contributed by atoms with Crippen LogP contribution in [0.1, 0.15) is 30.0 Å². The van der Waals surface area contributed by atoms with Gasteiger partial charge in [-0.2, -0.15) is 0 Å². The molecule has 0 radical (unpaired) electrons. The molecule has 1 heterocycles. The van der Waals surface area contributed by atoms with Crippen molar-refractivity contribution in [1.82, 2.24) is 19.8 Å². The molecule has 3 aromatic rings. The lowest BCUT2D eigenvalue weighted by Gasteiger charge is -2.32. The van der Waals surface area contributed by atoms with Gasteiger partial charge in [-0.25, -0.2) is 13.1 Å². The van der Waals surface area contributed by atoms with Crippen molar-refractivity contribution in [2.24, 2.45) is 0 Å². The Balaban J connectivity index is 1.54. The molecule has 0 saturated carbocycles. The normalized spacial score (nSPS) is 14.4. The summed E-state index contributed by atoms with van der Waals surface area (Å²) in [5.41, 5.74) is 2.66. The first-order valence-corrected chi connectivity index (χ1v) is 16.9. The Morgan fingerprint density at radius 2 is 1.60 bits per heavy atom. The van der Waals surface area contributed by atoms with Crippen LogP contribution in [-0.4, -0.2) is 89.1 Å². The number of amides is 2. The van der Waals surface area contributed by atoms with Crippen LogP contribution in [0.5, 0.6) is 5.75 Å². The lowest BCUT2D eigenvalue weighted by atomic mass is 10.0. The molecular formula is C34H44N4O6S. The molecule has 10 nitrogen and oxygen atoms in total. The summed E-state index contributed by atoms with van der Waals surface area (Å²) in [6.07, 6.45) is 0.918. The predicted octanol–water partition coefficient (Wildman–Crippen LogP) is 3.01. The Labute approximate surface area is 266 Å². The second-order valence-corrected chi connectivity index (χ2v) is 12.7. The number of sulfonamides is 1. The first kappa shape index (κ1) is 34.1. The fraction of sp³-hybridized carbons (Fsp3) is 0.412. The van der Waals surface area contributed by atoms with Gasteiger partial charge < -0.3 is 19.7 Å². The summed E-state index contributed by atoms with van der Waals surface area (Å²) in [5.74, 6) is 0.337. The van der Waals surface area contributed by atoms with Crippen molar-refractivity contribution in [2.75, 3.05) is 53.0 Å². The average molecular weight is 637 g/mol. The minimum atomic E-state index is -3.56. The minimum Gasteiger partial charge on any atom is -0.497 e. The monoisotopic (exact) mass is 636 g/mol. The van der Waals surface area contributed by atoms with Gasteiger partial charge in [0.1, 0.15) is 11.8 Å². The first-order valence-electron chi connectivity index (χ1n) is 15.4. The van der Waals surface area contributed by atoms with Gasteiger partial charge in [-0.3, -0.25) is 14.5 Å². The summed E-state index contributed by atoms with van der Waals surface area (Å²) >= 11 is 0. The van der Waals surface area contributed by atoms with E-state index in [4.69, 9.17) is 9.47 Å². The van der Waals surface area contributed by atoms with Crippen molar-refractivity contribution >= 4 is 21.8 Å². The Hall–Kier alpha value is -3.77. The van der Waals surface area contributed by atoms with Gasteiger partial charge in [-0.15, -0.1) is 0 Å². The van der Waals surface area contributed by atoms with Gasteiger partial charge in [-0.1, -0.05) is 61.5 Å². The number of nitrogens with zero attached hydrogens (tertiary/aromatic N) is 2. The van der Waals surface area contributed by atoms with E-state index in [1.54, 1.807) is 43.2 Å². The molecule has 2 N–H and O–H groups in total. The van der Waals surface area contributed by atoms with Crippen molar-refractivity contribution in [1.29, 1.82) is 0 Å². The van der Waals surface area contributed by atoms with E-state index in [9.17, 15) is 18.0 Å². The number of carbonyl (C=O) groups excluding carboxylic acids is 2. The van der Waals surface area contributed by atoms with Crippen LogP contribution in [0.4, 0.5) is 0 Å². The Bertz CT molecular complexity index is 1460. The SMILES string of the molecule is CCNS(=O)(=O)c1ccc(CCC(=O)N(Cc2ccc(OC)cc2)[C@H](Cc2ccccc2)C(=O)NCCN2CCOCC2)cc1. The fourth-order valence-electron chi connectivity index (χ4n) is 5.26. The largest absolute Gasteiger partial charge is 0.497 e. The molecule has 2 amide bonds. The summed E-state index contributed by atoms with van der Waals surface area (Å²) < 4.78 is 37.9. The molecule has 0 unspecified atom stereocenters. The number of hydrogen-bond acceptors (Lipinski definition) is 7. The van der Waals surface area contributed by atoms with E-state index >= 15 is 0 Å². The molecule has 45 heavy (non-hydrogen) atoms. The fourth-order valence-corrected chi connectivity index (χ4v) is 6.31. The predicted molar refractivity (Wildman–Crippen MR) is 173 cm³/mol. The molecule has 1 aliphatic heterocycles. The summed E-state index contributed by atoms with van der Waals surface area (Å²) in [4.78, 5) is 32.0. The molecule has 0 aliphatic carbocycles. The van der Waals surface area contributed by atoms with Gasteiger partial charge in [0.15, 0.2) is 0 Å². The number of hydrogen-bond donors (Lipinski definition) is 2. The van der Waals surface area contributed by atoms with Crippen molar-refractivity contribution in [2.45, 2.75) is 43.7 Å². The smallest absolute Gasteiger partial charge is 0.243 e. The molecule has 0 aromatic heterocycles. The second-order valence-electron chi connectivity index (χ2n) is 11.0. The van der Waals surface area contributed by atoms with Crippen molar-refractivity contribution in [3.63, 3.8) is 0 Å². The van der Waals surface area contributed by atoms with Gasteiger partial charge >= 0.3 is 0 Å². The van der Waals surface area contributed by atoms with E-state index in [1.807, 2.05) is 54.6 Å². The maximum atomic E-state index is 14.0. The van der Waals surface area contributed by atoms with Gasteiger partial charge in [0, 0.05) is 52.1 Å². The Morgan fingerprint density at radius 3 is 2.24 bits per heavy atom. The van der Waals surface area contributed by atoms with Crippen LogP contribution in [0.25, 0.3) is 0 Å². The molecule has 4 rings (SSSR count). The van der Waals surface area contributed by atoms with Crippen LogP contribution in [0, 0.1) is 0 Å². The Kier molecular flexibility index (Phi) is 12.9. The summed E-state index contributed by atoms with van der Waals surface area (Å²) in [7, 11) is -1.96. The highest BCUT2D eigenvalue weighted by Gasteiger charge is 2.30. The van der Waals surface area contributed by atoms with Crippen LogP contribution >= 0.6 is 0 Å². The highest BCUT2D eigenvalue weighted by Crippen LogP contribution is 2.19. The minimum absolute atomic E-state index is 0.155. The van der Waals surface area contributed by atoms with Crippen LogP contribution in [0.2, 0.25) is 0 Å². The van der Waals surface area contributed by atoms with Gasteiger partial charge in [0.2, 0.25) is 21.8 Å². The van der Waals surface area contributed by atoms with Crippen molar-refractivity contribution in [3.05, 3.63) is 95.6 Å². The number of rotatable bonds is 16. The molecule has 3 aromatic carbocycles. The number of methoxy groups -OCH3 is 1. The van der Waals surface area contributed by atoms with E-state index in [-0.39, 0.29) is 29.7 Å². The molecule has 0 bridgehead atoms. The van der Waals surface area contributed by atoms with Gasteiger partial charge in [-0.05, 0) is 47.4 Å². The van der Waals surface area contributed by atoms with E-state index in [0.29, 0.717) is 51.4 Å². The van der Waals surface area contributed by atoms with E-state index in [1.165, 1.54) is 0 Å². The molecule has 242 valence electrons. The van der Waals surface area contributed by atoms with Crippen LogP contribution < -0.4 is 14.8 Å². The number of nitrogens with one attached hydrogen (secondary N) is 2. The zero-order valence-corrected chi connectivity index (χ0v) is 26.9. The second kappa shape index (κ2) is 17.1. The van der Waals surface area contributed by atoms with E-state index in [2.05, 4.69) is 14.9 Å². The van der Waals surface area contributed by atoms with E-state index < -0.39 is 16.1 Å². The number of ether oxygens (including phenoxy) is 2. The summed E-state index contributed by atoms with van der Waals surface area (Å²) in [6, 6.07) is 23.0.